The fraction of sp³-hybridized carbons (Fsp3) is 0.269. The zero-order chi connectivity index (χ0) is 21.0. The number of fused-ring (bicyclic) bond motifs is 1. The van der Waals surface area contributed by atoms with Crippen LogP contribution in [-0.2, 0) is 17.8 Å². The molecule has 4 aromatic rings. The van der Waals surface area contributed by atoms with E-state index in [-0.39, 0.29) is 5.91 Å². The molecule has 5 nitrogen and oxygen atoms in total. The molecule has 2 aromatic heterocycles. The van der Waals surface area contributed by atoms with Gasteiger partial charge in [-0.25, -0.2) is 0 Å². The average Bonchev–Trinajstić information content (AvgIpc) is 3.49. The molecule has 0 unspecified atom stereocenters. The van der Waals surface area contributed by atoms with E-state index in [0.717, 1.165) is 46.1 Å². The van der Waals surface area contributed by atoms with Crippen molar-refractivity contribution in [3.63, 3.8) is 0 Å². The van der Waals surface area contributed by atoms with Crippen LogP contribution in [0.3, 0.4) is 0 Å². The van der Waals surface area contributed by atoms with Crippen LogP contribution in [0, 0.1) is 0 Å². The Kier molecular flexibility index (Phi) is 5.48. The Labute approximate surface area is 182 Å². The SMILES string of the molecule is O=C(Cc1cccc2ccccc12)NCc1cc(-c2ccncc2)n(C2CCCC2)n1. The molecule has 5 rings (SSSR count). The Morgan fingerprint density at radius 2 is 1.77 bits per heavy atom. The summed E-state index contributed by atoms with van der Waals surface area (Å²) in [5.41, 5.74) is 4.16. The smallest absolute Gasteiger partial charge is 0.224 e. The Hall–Kier alpha value is -3.47. The monoisotopic (exact) mass is 410 g/mol. The number of rotatable bonds is 6. The lowest BCUT2D eigenvalue weighted by molar-refractivity contribution is -0.120. The lowest BCUT2D eigenvalue weighted by atomic mass is 10.0. The molecule has 0 aliphatic heterocycles. The van der Waals surface area contributed by atoms with Gasteiger partial charge in [0.2, 0.25) is 5.91 Å². The average molecular weight is 411 g/mol. The van der Waals surface area contributed by atoms with E-state index in [1.54, 1.807) is 0 Å². The maximum atomic E-state index is 12.7. The fourth-order valence-electron chi connectivity index (χ4n) is 4.57. The zero-order valence-corrected chi connectivity index (χ0v) is 17.5. The van der Waals surface area contributed by atoms with Crippen molar-refractivity contribution in [3.8, 4) is 11.3 Å². The zero-order valence-electron chi connectivity index (χ0n) is 17.5. The number of benzene rings is 2. The summed E-state index contributed by atoms with van der Waals surface area (Å²) in [5, 5.41) is 10.2. The second-order valence-corrected chi connectivity index (χ2v) is 8.23. The molecule has 2 aromatic carbocycles. The lowest BCUT2D eigenvalue weighted by Crippen LogP contribution is -2.25. The lowest BCUT2D eigenvalue weighted by Gasteiger charge is -2.14. The van der Waals surface area contributed by atoms with Crippen molar-refractivity contribution >= 4 is 16.7 Å². The normalized spacial score (nSPS) is 14.2. The molecule has 0 spiro atoms. The van der Waals surface area contributed by atoms with Crippen molar-refractivity contribution < 1.29 is 4.79 Å². The molecular weight excluding hydrogens is 384 g/mol. The largest absolute Gasteiger partial charge is 0.350 e. The minimum absolute atomic E-state index is 0.0113. The van der Waals surface area contributed by atoms with E-state index in [9.17, 15) is 4.79 Å². The first kappa shape index (κ1) is 19.5. The van der Waals surface area contributed by atoms with Gasteiger partial charge in [0.25, 0.3) is 0 Å². The highest BCUT2D eigenvalue weighted by Crippen LogP contribution is 2.33. The molecule has 0 radical (unpaired) electrons. The third-order valence-corrected chi connectivity index (χ3v) is 6.13. The van der Waals surface area contributed by atoms with E-state index in [2.05, 4.69) is 39.2 Å². The molecule has 1 fully saturated rings. The predicted octanol–water partition coefficient (Wildman–Crippen LogP) is 5.07. The van der Waals surface area contributed by atoms with Gasteiger partial charge >= 0.3 is 0 Å². The number of nitrogens with zero attached hydrogens (tertiary/aromatic N) is 3. The highest BCUT2D eigenvalue weighted by molar-refractivity contribution is 5.90. The Balaban J connectivity index is 1.32. The van der Waals surface area contributed by atoms with Crippen LogP contribution in [-0.4, -0.2) is 20.7 Å². The molecule has 0 bridgehead atoms. The van der Waals surface area contributed by atoms with Gasteiger partial charge in [0, 0.05) is 18.0 Å². The van der Waals surface area contributed by atoms with Crippen molar-refractivity contribution in [2.24, 2.45) is 0 Å². The second-order valence-electron chi connectivity index (χ2n) is 8.23. The maximum absolute atomic E-state index is 12.7. The van der Waals surface area contributed by atoms with Gasteiger partial charge in [-0.15, -0.1) is 0 Å². The van der Waals surface area contributed by atoms with E-state index in [0.29, 0.717) is 19.0 Å². The van der Waals surface area contributed by atoms with Crippen molar-refractivity contribution in [3.05, 3.63) is 84.3 Å². The Morgan fingerprint density at radius 1 is 1.00 bits per heavy atom. The quantitative estimate of drug-likeness (QED) is 0.483. The van der Waals surface area contributed by atoms with E-state index in [1.807, 2.05) is 48.8 Å². The molecule has 1 amide bonds. The molecule has 1 saturated carbocycles. The number of carbonyl (C=O) groups is 1. The van der Waals surface area contributed by atoms with Crippen LogP contribution >= 0.6 is 0 Å². The number of aromatic nitrogens is 3. The van der Waals surface area contributed by atoms with Gasteiger partial charge in [-0.2, -0.15) is 5.10 Å². The predicted molar refractivity (Wildman–Crippen MR) is 122 cm³/mol. The van der Waals surface area contributed by atoms with Gasteiger partial charge in [0.1, 0.15) is 0 Å². The fourth-order valence-corrected chi connectivity index (χ4v) is 4.57. The summed E-state index contributed by atoms with van der Waals surface area (Å²) in [5.74, 6) is 0.0113. The van der Waals surface area contributed by atoms with Crippen LogP contribution in [0.1, 0.15) is 43.0 Å². The van der Waals surface area contributed by atoms with E-state index >= 15 is 0 Å². The summed E-state index contributed by atoms with van der Waals surface area (Å²) >= 11 is 0. The molecule has 0 saturated heterocycles. The molecule has 2 heterocycles. The number of hydrogen-bond acceptors (Lipinski definition) is 3. The summed E-state index contributed by atoms with van der Waals surface area (Å²) in [4.78, 5) is 16.8. The van der Waals surface area contributed by atoms with E-state index in [1.165, 1.54) is 12.8 Å². The van der Waals surface area contributed by atoms with Crippen LogP contribution in [0.4, 0.5) is 0 Å². The first-order valence-electron chi connectivity index (χ1n) is 11.0. The number of carbonyl (C=O) groups excluding carboxylic acids is 1. The summed E-state index contributed by atoms with van der Waals surface area (Å²) in [6.45, 7) is 0.432. The highest BCUT2D eigenvalue weighted by Gasteiger charge is 2.22. The van der Waals surface area contributed by atoms with Crippen molar-refractivity contribution in [1.29, 1.82) is 0 Å². The molecule has 1 aliphatic rings. The van der Waals surface area contributed by atoms with Crippen molar-refractivity contribution in [2.45, 2.75) is 44.7 Å². The Morgan fingerprint density at radius 3 is 2.61 bits per heavy atom. The van der Waals surface area contributed by atoms with Gasteiger partial charge in [0.05, 0.1) is 30.4 Å². The molecule has 1 aliphatic carbocycles. The topological polar surface area (TPSA) is 59.8 Å². The number of pyridine rings is 1. The first-order chi connectivity index (χ1) is 15.3. The standard InChI is InChI=1S/C26H26N4O/c31-26(16-21-8-5-7-19-6-1-4-11-24(19)21)28-18-22-17-25(20-12-14-27-15-13-20)30(29-22)23-9-2-3-10-23/h1,4-8,11-15,17,23H,2-3,9-10,16,18H2,(H,28,31). The first-order valence-corrected chi connectivity index (χ1v) is 11.0. The summed E-state index contributed by atoms with van der Waals surface area (Å²) < 4.78 is 2.16. The molecule has 31 heavy (non-hydrogen) atoms. The van der Waals surface area contributed by atoms with E-state index in [4.69, 9.17) is 5.10 Å². The second kappa shape index (κ2) is 8.72. The third-order valence-electron chi connectivity index (χ3n) is 6.13. The molecular formula is C26H26N4O. The van der Waals surface area contributed by atoms with Crippen molar-refractivity contribution in [2.75, 3.05) is 0 Å². The summed E-state index contributed by atoms with van der Waals surface area (Å²) in [7, 11) is 0. The minimum Gasteiger partial charge on any atom is -0.350 e. The highest BCUT2D eigenvalue weighted by atomic mass is 16.1. The van der Waals surface area contributed by atoms with Crippen LogP contribution in [0.15, 0.2) is 73.1 Å². The van der Waals surface area contributed by atoms with Gasteiger partial charge in [-0.05, 0) is 47.4 Å². The Bertz CT molecular complexity index is 1190. The van der Waals surface area contributed by atoms with Gasteiger partial charge in [-0.1, -0.05) is 55.3 Å². The van der Waals surface area contributed by atoms with Crippen LogP contribution < -0.4 is 5.32 Å². The summed E-state index contributed by atoms with van der Waals surface area (Å²) in [6.07, 6.45) is 8.80. The van der Waals surface area contributed by atoms with Crippen LogP contribution in [0.25, 0.3) is 22.0 Å². The molecule has 0 atom stereocenters. The molecule has 156 valence electrons. The van der Waals surface area contributed by atoms with E-state index < -0.39 is 0 Å². The minimum atomic E-state index is 0.0113. The van der Waals surface area contributed by atoms with Crippen LogP contribution in [0.5, 0.6) is 0 Å². The maximum Gasteiger partial charge on any atom is 0.224 e. The third kappa shape index (κ3) is 4.22. The van der Waals surface area contributed by atoms with Crippen molar-refractivity contribution in [1.82, 2.24) is 20.1 Å². The number of amides is 1. The van der Waals surface area contributed by atoms with Gasteiger partial charge in [0.15, 0.2) is 0 Å². The molecule has 5 heteroatoms. The summed E-state index contributed by atoms with van der Waals surface area (Å²) in [6, 6.07) is 20.9. The van der Waals surface area contributed by atoms with Gasteiger partial charge in [-0.3, -0.25) is 14.5 Å². The van der Waals surface area contributed by atoms with Gasteiger partial charge < -0.3 is 5.32 Å². The number of hydrogen-bond donors (Lipinski definition) is 1. The molecule has 1 N–H and O–H groups in total. The van der Waals surface area contributed by atoms with Crippen LogP contribution in [0.2, 0.25) is 0 Å². The number of nitrogens with one attached hydrogen (secondary N) is 1.